The monoisotopic (exact) mass is 648 g/mol. The smallest absolute Gasteiger partial charge is 0.342 e. The summed E-state index contributed by atoms with van der Waals surface area (Å²) in [5, 5.41) is 12.3. The summed E-state index contributed by atoms with van der Waals surface area (Å²) in [7, 11) is 0. The van der Waals surface area contributed by atoms with Gasteiger partial charge in [-0.2, -0.15) is 0 Å². The van der Waals surface area contributed by atoms with Crippen molar-refractivity contribution in [2.45, 2.75) is 148 Å². The average Bonchev–Trinajstić information content (AvgIpc) is 3.53. The summed E-state index contributed by atoms with van der Waals surface area (Å²) >= 11 is 0. The molecule has 0 aromatic heterocycles. The molecular formula is C34H48O12. The molecule has 2 aliphatic heterocycles. The lowest BCUT2D eigenvalue weighted by atomic mass is 9.55. The van der Waals surface area contributed by atoms with Gasteiger partial charge in [-0.3, -0.25) is 19.2 Å². The van der Waals surface area contributed by atoms with Crippen molar-refractivity contribution in [3.05, 3.63) is 23.8 Å². The molecule has 46 heavy (non-hydrogen) atoms. The van der Waals surface area contributed by atoms with Gasteiger partial charge in [0.05, 0.1) is 0 Å². The van der Waals surface area contributed by atoms with Gasteiger partial charge in [0.15, 0.2) is 17.3 Å². The Kier molecular flexibility index (Phi) is 10.1. The van der Waals surface area contributed by atoms with Crippen molar-refractivity contribution in [1.82, 2.24) is 0 Å². The lowest BCUT2D eigenvalue weighted by Gasteiger charge is -2.55. The predicted molar refractivity (Wildman–Crippen MR) is 162 cm³/mol. The quantitative estimate of drug-likeness (QED) is 0.120. The Morgan fingerprint density at radius 2 is 1.57 bits per heavy atom. The zero-order chi connectivity index (χ0) is 34.2. The number of ether oxygens (including phenoxy) is 6. The second-order valence-corrected chi connectivity index (χ2v) is 13.6. The Balaban J connectivity index is 1.89. The Bertz CT molecular complexity index is 1300. The van der Waals surface area contributed by atoms with Crippen molar-refractivity contribution in [3.8, 4) is 0 Å². The minimum absolute atomic E-state index is 0.0340. The molecule has 0 saturated carbocycles. The molecule has 0 unspecified atom stereocenters. The van der Waals surface area contributed by atoms with Crippen LogP contribution < -0.4 is 0 Å². The molecule has 1 N–H and O–H groups in total. The maximum Gasteiger partial charge on any atom is 0.342 e. The first-order valence-corrected chi connectivity index (χ1v) is 16.2. The van der Waals surface area contributed by atoms with Crippen molar-refractivity contribution in [1.29, 1.82) is 0 Å². The largest absolute Gasteiger partial charge is 0.461 e. The molecule has 2 aliphatic carbocycles. The van der Waals surface area contributed by atoms with Crippen LogP contribution in [0.15, 0.2) is 23.8 Å². The first kappa shape index (κ1) is 35.6. The minimum Gasteiger partial charge on any atom is -0.461 e. The van der Waals surface area contributed by atoms with E-state index in [0.29, 0.717) is 12.0 Å². The van der Waals surface area contributed by atoms with Gasteiger partial charge in [-0.1, -0.05) is 45.6 Å². The van der Waals surface area contributed by atoms with Gasteiger partial charge in [0, 0.05) is 44.9 Å². The molecule has 0 radical (unpaired) electrons. The van der Waals surface area contributed by atoms with E-state index in [-0.39, 0.29) is 12.8 Å². The van der Waals surface area contributed by atoms with Crippen LogP contribution in [0.2, 0.25) is 0 Å². The maximum atomic E-state index is 13.3. The summed E-state index contributed by atoms with van der Waals surface area (Å²) in [6.45, 7) is 12.1. The van der Waals surface area contributed by atoms with Gasteiger partial charge in [0.25, 0.3) is 0 Å². The number of epoxide rings is 1. The Labute approximate surface area is 270 Å². The number of esters is 5. The van der Waals surface area contributed by atoms with E-state index in [1.54, 1.807) is 26.0 Å². The molecule has 0 aromatic carbocycles. The highest BCUT2D eigenvalue weighted by molar-refractivity contribution is 5.89. The fourth-order valence-electron chi connectivity index (χ4n) is 7.65. The topological polar surface area (TPSA) is 164 Å². The average molecular weight is 649 g/mol. The second-order valence-electron chi connectivity index (χ2n) is 13.6. The molecule has 10 atom stereocenters. The van der Waals surface area contributed by atoms with Gasteiger partial charge in [0.1, 0.15) is 30.0 Å². The molecule has 0 bridgehead atoms. The van der Waals surface area contributed by atoms with Crippen LogP contribution in [-0.2, 0) is 52.4 Å². The molecule has 12 heteroatoms. The Morgan fingerprint density at radius 1 is 0.935 bits per heavy atom. The number of unbranched alkanes of at least 4 members (excludes halogenated alkanes) is 4. The Morgan fingerprint density at radius 3 is 2.15 bits per heavy atom. The highest BCUT2D eigenvalue weighted by Crippen LogP contribution is 2.65. The number of carbonyl (C=O) groups is 5. The van der Waals surface area contributed by atoms with Crippen molar-refractivity contribution in [2.75, 3.05) is 0 Å². The molecule has 2 heterocycles. The summed E-state index contributed by atoms with van der Waals surface area (Å²) in [6.07, 6.45) is 3.99. The lowest BCUT2D eigenvalue weighted by Crippen LogP contribution is -2.67. The molecule has 0 amide bonds. The zero-order valence-corrected chi connectivity index (χ0v) is 28.1. The molecule has 0 aromatic rings. The van der Waals surface area contributed by atoms with E-state index in [9.17, 15) is 29.1 Å². The van der Waals surface area contributed by atoms with Gasteiger partial charge < -0.3 is 33.5 Å². The van der Waals surface area contributed by atoms with Crippen LogP contribution in [0, 0.1) is 11.3 Å². The number of fused-ring (bicyclic) bond motifs is 1. The third-order valence-corrected chi connectivity index (χ3v) is 10.1. The van der Waals surface area contributed by atoms with Gasteiger partial charge in [-0.05, 0) is 44.9 Å². The predicted octanol–water partition coefficient (Wildman–Crippen LogP) is 3.80. The standard InChI is InChI=1S/C34H48O12/c1-9-10-11-12-13-14-27(38)44-23-18-25(42-21(4)36)31(6)16-15-24(41-20(3)35)32(7,40)28(31)29(43-22(5)37)34-26(17-19(23)2)45-30(39)33(34,8)46-34/h15-17,23-26,28-29,40H,9-14,18H2,1-8H3/b19-17-/t23-,24-,25+,26+,28-,29+,31-,32+,33+,34+/m1/s1. The fraction of sp³-hybridized carbons (Fsp3) is 0.735. The highest BCUT2D eigenvalue weighted by atomic mass is 16.7. The molecule has 2 fully saturated rings. The number of hydrogen-bond donors (Lipinski definition) is 1. The summed E-state index contributed by atoms with van der Waals surface area (Å²) in [5.74, 6) is -4.35. The third kappa shape index (κ3) is 6.34. The van der Waals surface area contributed by atoms with E-state index in [1.807, 2.05) is 0 Å². The van der Waals surface area contributed by atoms with Crippen molar-refractivity contribution in [2.24, 2.45) is 11.3 Å². The summed E-state index contributed by atoms with van der Waals surface area (Å²) < 4.78 is 35.5. The van der Waals surface area contributed by atoms with Crippen LogP contribution in [0.4, 0.5) is 0 Å². The fourth-order valence-corrected chi connectivity index (χ4v) is 7.65. The molecular weight excluding hydrogens is 600 g/mol. The van der Waals surface area contributed by atoms with Crippen molar-refractivity contribution < 1.29 is 57.5 Å². The summed E-state index contributed by atoms with van der Waals surface area (Å²) in [4.78, 5) is 63.9. The van der Waals surface area contributed by atoms with Crippen molar-refractivity contribution >= 4 is 29.8 Å². The van der Waals surface area contributed by atoms with E-state index < -0.39 is 88.5 Å². The highest BCUT2D eigenvalue weighted by Gasteiger charge is 2.87. The van der Waals surface area contributed by atoms with Gasteiger partial charge in [-0.25, -0.2) is 4.79 Å². The van der Waals surface area contributed by atoms with Crippen LogP contribution in [0.5, 0.6) is 0 Å². The van der Waals surface area contributed by atoms with Crippen LogP contribution >= 0.6 is 0 Å². The summed E-state index contributed by atoms with van der Waals surface area (Å²) in [6, 6.07) is 0. The number of aliphatic hydroxyl groups is 1. The first-order chi connectivity index (χ1) is 21.4. The van der Waals surface area contributed by atoms with E-state index >= 15 is 0 Å². The lowest BCUT2D eigenvalue weighted by molar-refractivity contribution is -0.220. The normalized spacial score (nSPS) is 40.5. The zero-order valence-electron chi connectivity index (χ0n) is 28.1. The van der Waals surface area contributed by atoms with Crippen LogP contribution in [0.25, 0.3) is 0 Å². The first-order valence-electron chi connectivity index (χ1n) is 16.2. The third-order valence-electron chi connectivity index (χ3n) is 10.1. The van der Waals surface area contributed by atoms with Crippen molar-refractivity contribution in [3.63, 3.8) is 0 Å². The minimum atomic E-state index is -1.96. The Hall–Kier alpha value is -3.25. The number of hydrogen-bond acceptors (Lipinski definition) is 12. The van der Waals surface area contributed by atoms with Crippen LogP contribution in [0.1, 0.15) is 100 Å². The van der Waals surface area contributed by atoms with Gasteiger partial charge in [0.2, 0.25) is 0 Å². The molecule has 4 aliphatic rings. The van der Waals surface area contributed by atoms with E-state index in [4.69, 9.17) is 28.4 Å². The molecule has 12 nitrogen and oxygen atoms in total. The SMILES string of the molecule is CCCCCCCC(=O)O[C@@H]1C[C@H](OC(C)=O)[C@@]2(C)C=C[C@@H](OC(C)=O)[C@](C)(O)[C@@H]2[C@H](OC(C)=O)[C@]23O[C@@]2(C)C(=O)O[C@H]3/C=C\1C. The molecule has 1 spiro atoms. The van der Waals surface area contributed by atoms with Crippen LogP contribution in [0.3, 0.4) is 0 Å². The van der Waals surface area contributed by atoms with E-state index in [1.165, 1.54) is 40.7 Å². The van der Waals surface area contributed by atoms with E-state index in [2.05, 4.69) is 6.92 Å². The van der Waals surface area contributed by atoms with Gasteiger partial charge in [-0.15, -0.1) is 0 Å². The summed E-state index contributed by atoms with van der Waals surface area (Å²) in [5.41, 5.74) is -5.99. The molecule has 256 valence electrons. The molecule has 2 saturated heterocycles. The number of carbonyl (C=O) groups excluding carboxylic acids is 5. The molecule has 4 rings (SSSR count). The maximum absolute atomic E-state index is 13.3. The van der Waals surface area contributed by atoms with E-state index in [0.717, 1.165) is 25.7 Å². The van der Waals surface area contributed by atoms with Crippen LogP contribution in [-0.4, -0.2) is 82.3 Å². The number of rotatable bonds is 10. The second kappa shape index (κ2) is 13.1. The van der Waals surface area contributed by atoms with Gasteiger partial charge >= 0.3 is 29.8 Å².